The highest BCUT2D eigenvalue weighted by Gasteiger charge is 2.27. The van der Waals surface area contributed by atoms with Crippen molar-refractivity contribution in [3.8, 4) is 0 Å². The molecule has 0 radical (unpaired) electrons. The topological polar surface area (TPSA) is 41.5 Å². The summed E-state index contributed by atoms with van der Waals surface area (Å²) in [5.41, 5.74) is -0.126. The van der Waals surface area contributed by atoms with Gasteiger partial charge in [-0.15, -0.1) is 0 Å². The quantitative estimate of drug-likeness (QED) is 0.637. The van der Waals surface area contributed by atoms with Crippen LogP contribution in [0.5, 0.6) is 0 Å². The normalized spacial score (nSPS) is 26.7. The van der Waals surface area contributed by atoms with Crippen molar-refractivity contribution in [3.63, 3.8) is 0 Å². The first-order valence-corrected chi connectivity index (χ1v) is 8.51. The van der Waals surface area contributed by atoms with E-state index >= 15 is 0 Å². The molecule has 1 rings (SSSR count). The Balaban J connectivity index is 2.23. The Morgan fingerprint density at radius 1 is 1.25 bits per heavy atom. The predicted octanol–water partition coefficient (Wildman–Crippen LogP) is 3.50. The van der Waals surface area contributed by atoms with Crippen molar-refractivity contribution < 1.29 is 9.84 Å². The SMILES string of the molecule is CCC(CO)(CCCOC1CCC(C)CC1)NC(C)C. The van der Waals surface area contributed by atoms with Gasteiger partial charge >= 0.3 is 0 Å². The van der Waals surface area contributed by atoms with Crippen molar-refractivity contribution in [2.75, 3.05) is 13.2 Å². The van der Waals surface area contributed by atoms with Crippen LogP contribution in [-0.4, -0.2) is 36.0 Å². The molecule has 0 aromatic carbocycles. The summed E-state index contributed by atoms with van der Waals surface area (Å²) >= 11 is 0. The number of ether oxygens (including phenoxy) is 1. The van der Waals surface area contributed by atoms with Crippen LogP contribution in [0.1, 0.15) is 72.6 Å². The molecule has 1 fully saturated rings. The Hall–Kier alpha value is -0.120. The first-order valence-electron chi connectivity index (χ1n) is 8.51. The van der Waals surface area contributed by atoms with Gasteiger partial charge in [-0.2, -0.15) is 0 Å². The van der Waals surface area contributed by atoms with Crippen LogP contribution in [0.2, 0.25) is 0 Å². The number of rotatable bonds is 9. The molecule has 0 aliphatic heterocycles. The zero-order valence-electron chi connectivity index (χ0n) is 14.0. The van der Waals surface area contributed by atoms with Gasteiger partial charge in [0.15, 0.2) is 0 Å². The molecule has 1 saturated carbocycles. The maximum atomic E-state index is 9.70. The van der Waals surface area contributed by atoms with Crippen LogP contribution in [0.25, 0.3) is 0 Å². The maximum absolute atomic E-state index is 9.70. The highest BCUT2D eigenvalue weighted by Crippen LogP contribution is 2.26. The third-order valence-corrected chi connectivity index (χ3v) is 4.69. The summed E-state index contributed by atoms with van der Waals surface area (Å²) in [6.45, 7) is 9.81. The average molecular weight is 285 g/mol. The molecule has 3 nitrogen and oxygen atoms in total. The van der Waals surface area contributed by atoms with Crippen molar-refractivity contribution in [1.82, 2.24) is 5.32 Å². The lowest BCUT2D eigenvalue weighted by Crippen LogP contribution is -2.51. The van der Waals surface area contributed by atoms with Gasteiger partial charge < -0.3 is 15.2 Å². The Labute approximate surface area is 125 Å². The molecular formula is C17H35NO2. The molecule has 120 valence electrons. The average Bonchev–Trinajstić information content (AvgIpc) is 2.44. The van der Waals surface area contributed by atoms with E-state index < -0.39 is 0 Å². The van der Waals surface area contributed by atoms with E-state index in [0.717, 1.165) is 31.8 Å². The summed E-state index contributed by atoms with van der Waals surface area (Å²) in [6.07, 6.45) is 8.54. The minimum atomic E-state index is -0.126. The van der Waals surface area contributed by atoms with Crippen LogP contribution in [0.3, 0.4) is 0 Å². The van der Waals surface area contributed by atoms with Crippen LogP contribution >= 0.6 is 0 Å². The molecule has 0 aromatic rings. The second-order valence-electron chi connectivity index (χ2n) is 6.95. The Morgan fingerprint density at radius 2 is 1.90 bits per heavy atom. The number of nitrogens with one attached hydrogen (secondary N) is 1. The van der Waals surface area contributed by atoms with Crippen LogP contribution < -0.4 is 5.32 Å². The van der Waals surface area contributed by atoms with Gasteiger partial charge in [-0.3, -0.25) is 0 Å². The summed E-state index contributed by atoms with van der Waals surface area (Å²) in [7, 11) is 0. The third kappa shape index (κ3) is 6.11. The molecule has 0 aromatic heterocycles. The van der Waals surface area contributed by atoms with Crippen LogP contribution in [0.4, 0.5) is 0 Å². The molecule has 0 bridgehead atoms. The van der Waals surface area contributed by atoms with E-state index in [1.54, 1.807) is 0 Å². The second kappa shape index (κ2) is 9.01. The van der Waals surface area contributed by atoms with Crippen LogP contribution in [0.15, 0.2) is 0 Å². The second-order valence-corrected chi connectivity index (χ2v) is 6.95. The molecule has 0 amide bonds. The van der Waals surface area contributed by atoms with E-state index in [4.69, 9.17) is 4.74 Å². The van der Waals surface area contributed by atoms with E-state index in [9.17, 15) is 5.11 Å². The molecule has 20 heavy (non-hydrogen) atoms. The summed E-state index contributed by atoms with van der Waals surface area (Å²) in [6, 6.07) is 0.405. The fraction of sp³-hybridized carbons (Fsp3) is 1.00. The predicted molar refractivity (Wildman–Crippen MR) is 85.0 cm³/mol. The monoisotopic (exact) mass is 285 g/mol. The lowest BCUT2D eigenvalue weighted by atomic mass is 9.88. The van der Waals surface area contributed by atoms with E-state index in [0.29, 0.717) is 12.1 Å². The molecule has 2 N–H and O–H groups in total. The Morgan fingerprint density at radius 3 is 2.40 bits per heavy atom. The van der Waals surface area contributed by atoms with Gasteiger partial charge in [-0.25, -0.2) is 0 Å². The first kappa shape index (κ1) is 17.9. The van der Waals surface area contributed by atoms with Crippen LogP contribution in [0, 0.1) is 5.92 Å². The molecular weight excluding hydrogens is 250 g/mol. The minimum absolute atomic E-state index is 0.126. The number of hydrogen-bond acceptors (Lipinski definition) is 3. The third-order valence-electron chi connectivity index (χ3n) is 4.69. The van der Waals surface area contributed by atoms with Gasteiger partial charge in [0.25, 0.3) is 0 Å². The van der Waals surface area contributed by atoms with Crippen LogP contribution in [-0.2, 0) is 4.74 Å². The maximum Gasteiger partial charge on any atom is 0.0613 e. The Kier molecular flexibility index (Phi) is 8.08. The summed E-state index contributed by atoms with van der Waals surface area (Å²) < 4.78 is 6.01. The minimum Gasteiger partial charge on any atom is -0.394 e. The largest absolute Gasteiger partial charge is 0.394 e. The van der Waals surface area contributed by atoms with Crippen molar-refractivity contribution >= 4 is 0 Å². The molecule has 3 heteroatoms. The number of hydrogen-bond donors (Lipinski definition) is 2. The number of aliphatic hydroxyl groups excluding tert-OH is 1. The van der Waals surface area contributed by atoms with Gasteiger partial charge in [0.1, 0.15) is 0 Å². The summed E-state index contributed by atoms with van der Waals surface area (Å²) in [5, 5.41) is 13.2. The molecule has 1 aliphatic carbocycles. The lowest BCUT2D eigenvalue weighted by molar-refractivity contribution is 0.0128. The summed E-state index contributed by atoms with van der Waals surface area (Å²) in [4.78, 5) is 0. The Bertz CT molecular complexity index is 243. The fourth-order valence-corrected chi connectivity index (χ4v) is 3.26. The van der Waals surface area contributed by atoms with Crippen molar-refractivity contribution in [1.29, 1.82) is 0 Å². The van der Waals surface area contributed by atoms with E-state index in [-0.39, 0.29) is 12.1 Å². The van der Waals surface area contributed by atoms with Crippen molar-refractivity contribution in [2.24, 2.45) is 5.92 Å². The standard InChI is InChI=1S/C17H35NO2/c1-5-17(13-19,18-14(2)3)11-6-12-20-16-9-7-15(4)8-10-16/h14-16,18-19H,5-13H2,1-4H3. The smallest absolute Gasteiger partial charge is 0.0613 e. The molecule has 0 heterocycles. The van der Waals surface area contributed by atoms with E-state index in [1.807, 2.05) is 0 Å². The lowest BCUT2D eigenvalue weighted by Gasteiger charge is -2.34. The van der Waals surface area contributed by atoms with Crippen molar-refractivity contribution in [2.45, 2.75) is 90.3 Å². The first-order chi connectivity index (χ1) is 9.51. The van der Waals surface area contributed by atoms with Crippen molar-refractivity contribution in [3.05, 3.63) is 0 Å². The molecule has 1 unspecified atom stereocenters. The zero-order valence-corrected chi connectivity index (χ0v) is 14.0. The highest BCUT2D eigenvalue weighted by atomic mass is 16.5. The van der Waals surface area contributed by atoms with Gasteiger partial charge in [-0.1, -0.05) is 27.7 Å². The molecule has 1 aliphatic rings. The fourth-order valence-electron chi connectivity index (χ4n) is 3.26. The van der Waals surface area contributed by atoms with E-state index in [1.165, 1.54) is 25.7 Å². The van der Waals surface area contributed by atoms with E-state index in [2.05, 4.69) is 33.0 Å². The number of aliphatic hydroxyl groups is 1. The van der Waals surface area contributed by atoms with Gasteiger partial charge in [0.05, 0.1) is 12.7 Å². The zero-order chi connectivity index (χ0) is 15.0. The molecule has 0 spiro atoms. The molecule has 0 saturated heterocycles. The van der Waals surface area contributed by atoms with Gasteiger partial charge in [0, 0.05) is 18.2 Å². The summed E-state index contributed by atoms with van der Waals surface area (Å²) in [5.74, 6) is 0.882. The molecule has 1 atom stereocenters. The van der Waals surface area contributed by atoms with Gasteiger partial charge in [0.2, 0.25) is 0 Å². The van der Waals surface area contributed by atoms with Gasteiger partial charge in [-0.05, 0) is 50.9 Å². The highest BCUT2D eigenvalue weighted by molar-refractivity contribution is 4.87.